The lowest BCUT2D eigenvalue weighted by Crippen LogP contribution is -2.39. The standard InChI is InChI=1S/C13H26N4/c1-4-15-12(10-14)7-9-16(2)11-13-6-5-8-17(13)3/h12-13,15H,4-9,11H2,1-3H3. The van der Waals surface area contributed by atoms with E-state index >= 15 is 0 Å². The number of hydrogen-bond acceptors (Lipinski definition) is 4. The molecule has 0 bridgehead atoms. The van der Waals surface area contributed by atoms with E-state index in [2.05, 4.69) is 35.3 Å². The average Bonchev–Trinajstić information content (AvgIpc) is 2.70. The monoisotopic (exact) mass is 238 g/mol. The summed E-state index contributed by atoms with van der Waals surface area (Å²) in [6.07, 6.45) is 3.56. The van der Waals surface area contributed by atoms with Crippen molar-refractivity contribution in [1.82, 2.24) is 15.1 Å². The van der Waals surface area contributed by atoms with Crippen molar-refractivity contribution in [2.45, 2.75) is 38.3 Å². The van der Waals surface area contributed by atoms with Crippen LogP contribution in [0.3, 0.4) is 0 Å². The van der Waals surface area contributed by atoms with Crippen molar-refractivity contribution in [3.63, 3.8) is 0 Å². The molecule has 1 rings (SSSR count). The summed E-state index contributed by atoms with van der Waals surface area (Å²) < 4.78 is 0. The second-order valence-corrected chi connectivity index (χ2v) is 5.07. The first-order valence-corrected chi connectivity index (χ1v) is 6.69. The van der Waals surface area contributed by atoms with Crippen LogP contribution in [0.5, 0.6) is 0 Å². The first kappa shape index (κ1) is 14.4. The Morgan fingerprint density at radius 3 is 2.88 bits per heavy atom. The molecule has 0 aromatic rings. The molecule has 1 saturated heterocycles. The maximum Gasteiger partial charge on any atom is 0.0965 e. The van der Waals surface area contributed by atoms with E-state index in [0.29, 0.717) is 6.04 Å². The zero-order valence-corrected chi connectivity index (χ0v) is 11.4. The summed E-state index contributed by atoms with van der Waals surface area (Å²) in [7, 11) is 4.37. The Morgan fingerprint density at radius 1 is 1.59 bits per heavy atom. The molecule has 0 aliphatic carbocycles. The van der Waals surface area contributed by atoms with Crippen molar-refractivity contribution in [2.75, 3.05) is 40.3 Å². The summed E-state index contributed by atoms with van der Waals surface area (Å²) in [5.74, 6) is 0. The molecule has 98 valence electrons. The maximum atomic E-state index is 8.96. The smallest absolute Gasteiger partial charge is 0.0965 e. The van der Waals surface area contributed by atoms with E-state index in [4.69, 9.17) is 5.26 Å². The van der Waals surface area contributed by atoms with Crippen LogP contribution in [0.1, 0.15) is 26.2 Å². The van der Waals surface area contributed by atoms with Gasteiger partial charge in [0, 0.05) is 19.1 Å². The van der Waals surface area contributed by atoms with Crippen LogP contribution in [0.4, 0.5) is 0 Å². The maximum absolute atomic E-state index is 8.96. The number of likely N-dealkylation sites (tertiary alicyclic amines) is 1. The molecular weight excluding hydrogens is 212 g/mol. The molecule has 1 aliphatic rings. The molecule has 17 heavy (non-hydrogen) atoms. The molecule has 1 N–H and O–H groups in total. The third-order valence-corrected chi connectivity index (χ3v) is 3.60. The molecule has 1 aliphatic heterocycles. The van der Waals surface area contributed by atoms with E-state index in [9.17, 15) is 0 Å². The minimum absolute atomic E-state index is 0.00348. The first-order valence-electron chi connectivity index (χ1n) is 6.69. The van der Waals surface area contributed by atoms with Gasteiger partial charge < -0.3 is 15.1 Å². The van der Waals surface area contributed by atoms with Crippen LogP contribution >= 0.6 is 0 Å². The van der Waals surface area contributed by atoms with Gasteiger partial charge in [0.25, 0.3) is 0 Å². The van der Waals surface area contributed by atoms with E-state index in [0.717, 1.165) is 26.1 Å². The van der Waals surface area contributed by atoms with Gasteiger partial charge in [0.15, 0.2) is 0 Å². The molecule has 0 amide bonds. The summed E-state index contributed by atoms with van der Waals surface area (Å²) in [6, 6.07) is 3.02. The fourth-order valence-corrected chi connectivity index (χ4v) is 2.47. The number of nitrogens with one attached hydrogen (secondary N) is 1. The number of nitriles is 1. The van der Waals surface area contributed by atoms with Gasteiger partial charge in [-0.25, -0.2) is 0 Å². The second kappa shape index (κ2) is 7.65. The van der Waals surface area contributed by atoms with Crippen LogP contribution in [0, 0.1) is 11.3 Å². The van der Waals surface area contributed by atoms with Crippen LogP contribution < -0.4 is 5.32 Å². The van der Waals surface area contributed by atoms with Gasteiger partial charge in [0.2, 0.25) is 0 Å². The fourth-order valence-electron chi connectivity index (χ4n) is 2.47. The van der Waals surface area contributed by atoms with Gasteiger partial charge >= 0.3 is 0 Å². The zero-order chi connectivity index (χ0) is 12.7. The highest BCUT2D eigenvalue weighted by molar-refractivity contribution is 4.90. The highest BCUT2D eigenvalue weighted by Crippen LogP contribution is 2.15. The van der Waals surface area contributed by atoms with Crippen LogP contribution in [-0.4, -0.2) is 62.2 Å². The second-order valence-electron chi connectivity index (χ2n) is 5.07. The van der Waals surface area contributed by atoms with E-state index in [1.54, 1.807) is 0 Å². The Labute approximate surface area is 106 Å². The topological polar surface area (TPSA) is 42.3 Å². The molecular formula is C13H26N4. The Kier molecular flexibility index (Phi) is 6.49. The highest BCUT2D eigenvalue weighted by atomic mass is 15.2. The molecule has 2 unspecified atom stereocenters. The van der Waals surface area contributed by atoms with Gasteiger partial charge in [-0.15, -0.1) is 0 Å². The minimum atomic E-state index is 0.00348. The van der Waals surface area contributed by atoms with E-state index < -0.39 is 0 Å². The summed E-state index contributed by atoms with van der Waals surface area (Å²) in [5.41, 5.74) is 0. The Balaban J connectivity index is 2.20. The summed E-state index contributed by atoms with van der Waals surface area (Å²) >= 11 is 0. The van der Waals surface area contributed by atoms with E-state index in [1.807, 2.05) is 6.92 Å². The molecule has 1 fully saturated rings. The normalized spacial score (nSPS) is 22.9. The molecule has 2 atom stereocenters. The van der Waals surface area contributed by atoms with Crippen molar-refractivity contribution >= 4 is 0 Å². The number of hydrogen-bond donors (Lipinski definition) is 1. The average molecular weight is 238 g/mol. The lowest BCUT2D eigenvalue weighted by molar-refractivity contribution is 0.216. The van der Waals surface area contributed by atoms with Gasteiger partial charge in [0.05, 0.1) is 12.1 Å². The molecule has 0 aromatic carbocycles. The molecule has 0 radical (unpaired) electrons. The molecule has 0 spiro atoms. The third kappa shape index (κ3) is 5.03. The van der Waals surface area contributed by atoms with Crippen molar-refractivity contribution < 1.29 is 0 Å². The van der Waals surface area contributed by atoms with Crippen LogP contribution in [0.15, 0.2) is 0 Å². The first-order chi connectivity index (χ1) is 8.17. The Morgan fingerprint density at radius 2 is 2.35 bits per heavy atom. The fraction of sp³-hybridized carbons (Fsp3) is 0.923. The molecule has 4 nitrogen and oxygen atoms in total. The molecule has 4 heteroatoms. The summed E-state index contributed by atoms with van der Waals surface area (Å²) in [4.78, 5) is 4.80. The van der Waals surface area contributed by atoms with Crippen molar-refractivity contribution in [3.05, 3.63) is 0 Å². The van der Waals surface area contributed by atoms with Gasteiger partial charge in [-0.2, -0.15) is 5.26 Å². The number of likely N-dealkylation sites (N-methyl/N-ethyl adjacent to an activating group) is 2. The number of rotatable bonds is 7. The van der Waals surface area contributed by atoms with Crippen LogP contribution in [-0.2, 0) is 0 Å². The molecule has 0 aromatic heterocycles. The zero-order valence-electron chi connectivity index (χ0n) is 11.4. The lowest BCUT2D eigenvalue weighted by atomic mass is 10.2. The Hall–Kier alpha value is -0.630. The molecule has 1 heterocycles. The summed E-state index contributed by atoms with van der Waals surface area (Å²) in [5, 5.41) is 12.1. The van der Waals surface area contributed by atoms with Crippen LogP contribution in [0.2, 0.25) is 0 Å². The molecule has 0 saturated carbocycles. The summed E-state index contributed by atoms with van der Waals surface area (Å²) in [6.45, 7) is 6.27. The van der Waals surface area contributed by atoms with E-state index in [1.165, 1.54) is 19.4 Å². The van der Waals surface area contributed by atoms with Crippen molar-refractivity contribution in [3.8, 4) is 6.07 Å². The van der Waals surface area contributed by atoms with Crippen molar-refractivity contribution in [1.29, 1.82) is 5.26 Å². The SMILES string of the molecule is CCNC(C#N)CCN(C)CC1CCCN1C. The van der Waals surface area contributed by atoms with E-state index in [-0.39, 0.29) is 6.04 Å². The van der Waals surface area contributed by atoms with Gasteiger partial charge in [-0.1, -0.05) is 6.92 Å². The quantitative estimate of drug-likeness (QED) is 0.716. The Bertz CT molecular complexity index is 248. The predicted octanol–water partition coefficient (Wildman–Crippen LogP) is 0.904. The minimum Gasteiger partial charge on any atom is -0.305 e. The van der Waals surface area contributed by atoms with Gasteiger partial charge in [0.1, 0.15) is 0 Å². The van der Waals surface area contributed by atoms with Gasteiger partial charge in [-0.05, 0) is 46.4 Å². The third-order valence-electron chi connectivity index (χ3n) is 3.60. The lowest BCUT2D eigenvalue weighted by Gasteiger charge is -2.26. The largest absolute Gasteiger partial charge is 0.305 e. The predicted molar refractivity (Wildman–Crippen MR) is 70.8 cm³/mol. The van der Waals surface area contributed by atoms with Crippen molar-refractivity contribution in [2.24, 2.45) is 0 Å². The highest BCUT2D eigenvalue weighted by Gasteiger charge is 2.22. The van der Waals surface area contributed by atoms with Gasteiger partial charge in [-0.3, -0.25) is 0 Å². The number of nitrogens with zero attached hydrogens (tertiary/aromatic N) is 3. The van der Waals surface area contributed by atoms with Crippen LogP contribution in [0.25, 0.3) is 0 Å².